The zero-order valence-corrected chi connectivity index (χ0v) is 12.9. The van der Waals surface area contributed by atoms with E-state index in [9.17, 15) is 0 Å². The Labute approximate surface area is 123 Å². The van der Waals surface area contributed by atoms with E-state index in [1.165, 1.54) is 10.6 Å². The Morgan fingerprint density at radius 1 is 1.35 bits per heavy atom. The number of aryl methyl sites for hydroxylation is 1. The van der Waals surface area contributed by atoms with E-state index in [2.05, 4.69) is 52.0 Å². The van der Waals surface area contributed by atoms with E-state index in [0.29, 0.717) is 5.92 Å². The van der Waals surface area contributed by atoms with Crippen molar-refractivity contribution in [2.75, 3.05) is 0 Å². The van der Waals surface area contributed by atoms with Crippen molar-refractivity contribution < 1.29 is 0 Å². The molecule has 3 nitrogen and oxygen atoms in total. The first-order valence-electron chi connectivity index (χ1n) is 6.97. The molecule has 0 saturated heterocycles. The molecular formula is C16H19N3S. The van der Waals surface area contributed by atoms with Crippen LogP contribution in [-0.2, 0) is 13.0 Å². The predicted octanol–water partition coefficient (Wildman–Crippen LogP) is 4.05. The number of rotatable bonds is 4. The maximum atomic E-state index is 4.63. The Kier molecular flexibility index (Phi) is 3.57. The van der Waals surface area contributed by atoms with Crippen LogP contribution in [0.25, 0.3) is 11.0 Å². The predicted molar refractivity (Wildman–Crippen MR) is 84.2 cm³/mol. The third-order valence-electron chi connectivity index (χ3n) is 3.32. The van der Waals surface area contributed by atoms with Gasteiger partial charge in [0, 0.05) is 35.1 Å². The molecule has 0 radical (unpaired) electrons. The monoisotopic (exact) mass is 285 g/mol. The molecule has 0 aromatic carbocycles. The number of thiophene rings is 1. The second kappa shape index (κ2) is 5.37. The summed E-state index contributed by atoms with van der Waals surface area (Å²) in [6.45, 7) is 7.44. The lowest BCUT2D eigenvalue weighted by Gasteiger charge is -2.12. The highest BCUT2D eigenvalue weighted by Gasteiger charge is 2.12. The van der Waals surface area contributed by atoms with Crippen LogP contribution in [0.4, 0.5) is 0 Å². The van der Waals surface area contributed by atoms with Crippen molar-refractivity contribution in [2.45, 2.75) is 33.7 Å². The molecule has 3 rings (SSSR count). The van der Waals surface area contributed by atoms with Crippen molar-refractivity contribution >= 4 is 22.4 Å². The van der Waals surface area contributed by atoms with Gasteiger partial charge in [-0.2, -0.15) is 0 Å². The molecule has 3 aromatic heterocycles. The fourth-order valence-electron chi connectivity index (χ4n) is 2.49. The first-order chi connectivity index (χ1) is 9.63. The molecule has 3 heterocycles. The number of hydrogen-bond acceptors (Lipinski definition) is 3. The topological polar surface area (TPSA) is 30.7 Å². The Morgan fingerprint density at radius 2 is 2.20 bits per heavy atom. The summed E-state index contributed by atoms with van der Waals surface area (Å²) >= 11 is 1.81. The lowest BCUT2D eigenvalue weighted by molar-refractivity contribution is 0.522. The number of fused-ring (bicyclic) bond motifs is 1. The van der Waals surface area contributed by atoms with Gasteiger partial charge < -0.3 is 4.57 Å². The van der Waals surface area contributed by atoms with Gasteiger partial charge in [-0.25, -0.2) is 9.97 Å². The van der Waals surface area contributed by atoms with Crippen LogP contribution in [0.5, 0.6) is 0 Å². The van der Waals surface area contributed by atoms with E-state index in [-0.39, 0.29) is 0 Å². The van der Waals surface area contributed by atoms with Gasteiger partial charge in [0.15, 0.2) is 0 Å². The molecule has 0 unspecified atom stereocenters. The van der Waals surface area contributed by atoms with Crippen molar-refractivity contribution in [1.29, 1.82) is 0 Å². The van der Waals surface area contributed by atoms with E-state index in [0.717, 1.165) is 29.8 Å². The average Bonchev–Trinajstić information content (AvgIpc) is 2.99. The van der Waals surface area contributed by atoms with E-state index in [1.807, 2.05) is 24.5 Å². The van der Waals surface area contributed by atoms with E-state index >= 15 is 0 Å². The van der Waals surface area contributed by atoms with Crippen LogP contribution in [0, 0.1) is 12.8 Å². The minimum Gasteiger partial charge on any atom is -0.329 e. The van der Waals surface area contributed by atoms with E-state index in [4.69, 9.17) is 0 Å². The third-order valence-corrected chi connectivity index (χ3v) is 4.20. The van der Waals surface area contributed by atoms with Gasteiger partial charge in [-0.1, -0.05) is 19.9 Å². The van der Waals surface area contributed by atoms with Gasteiger partial charge in [0.1, 0.15) is 11.5 Å². The van der Waals surface area contributed by atoms with Crippen LogP contribution < -0.4 is 0 Å². The van der Waals surface area contributed by atoms with Crippen LogP contribution in [0.2, 0.25) is 0 Å². The molecule has 0 atom stereocenters. The first-order valence-corrected chi connectivity index (χ1v) is 7.85. The zero-order chi connectivity index (χ0) is 14.1. The van der Waals surface area contributed by atoms with Crippen molar-refractivity contribution in [3.63, 3.8) is 0 Å². The maximum Gasteiger partial charge on any atom is 0.143 e. The average molecular weight is 285 g/mol. The van der Waals surface area contributed by atoms with Crippen LogP contribution in [-0.4, -0.2) is 14.5 Å². The molecule has 0 saturated carbocycles. The number of aromatic nitrogens is 3. The van der Waals surface area contributed by atoms with Gasteiger partial charge in [0.2, 0.25) is 0 Å². The highest BCUT2D eigenvalue weighted by Crippen LogP contribution is 2.23. The lowest BCUT2D eigenvalue weighted by Crippen LogP contribution is -2.09. The molecule has 3 aromatic rings. The quantitative estimate of drug-likeness (QED) is 0.724. The maximum absolute atomic E-state index is 4.63. The van der Waals surface area contributed by atoms with Crippen molar-refractivity contribution in [1.82, 2.24) is 14.5 Å². The van der Waals surface area contributed by atoms with Gasteiger partial charge in [-0.05, 0) is 30.4 Å². The normalized spacial score (nSPS) is 11.6. The molecule has 0 spiro atoms. The molecule has 0 N–H and O–H groups in total. The van der Waals surface area contributed by atoms with Crippen molar-refractivity contribution in [3.05, 3.63) is 46.2 Å². The molecule has 0 fully saturated rings. The second-order valence-electron chi connectivity index (χ2n) is 5.59. The van der Waals surface area contributed by atoms with Gasteiger partial charge in [-0.3, -0.25) is 0 Å². The molecular weight excluding hydrogens is 266 g/mol. The highest BCUT2D eigenvalue weighted by atomic mass is 32.1. The summed E-state index contributed by atoms with van der Waals surface area (Å²) in [7, 11) is 0. The largest absolute Gasteiger partial charge is 0.329 e. The minimum absolute atomic E-state index is 0.600. The SMILES string of the molecule is Cc1ncc2cc(Cc3cccs3)n(CC(C)C)c2n1. The smallest absolute Gasteiger partial charge is 0.143 e. The number of nitrogens with zero attached hydrogens (tertiary/aromatic N) is 3. The molecule has 0 aliphatic carbocycles. The molecule has 0 amide bonds. The van der Waals surface area contributed by atoms with Crippen molar-refractivity contribution in [3.8, 4) is 0 Å². The van der Waals surface area contributed by atoms with Crippen molar-refractivity contribution in [2.24, 2.45) is 5.92 Å². The van der Waals surface area contributed by atoms with E-state index in [1.54, 1.807) is 0 Å². The molecule has 0 aliphatic rings. The third kappa shape index (κ3) is 2.61. The number of hydrogen-bond donors (Lipinski definition) is 0. The molecule has 0 aliphatic heterocycles. The minimum atomic E-state index is 0.600. The van der Waals surface area contributed by atoms with Gasteiger partial charge >= 0.3 is 0 Å². The van der Waals surface area contributed by atoms with Crippen LogP contribution in [0.1, 0.15) is 30.2 Å². The van der Waals surface area contributed by atoms with Gasteiger partial charge in [-0.15, -0.1) is 11.3 Å². The van der Waals surface area contributed by atoms with E-state index < -0.39 is 0 Å². The summed E-state index contributed by atoms with van der Waals surface area (Å²) in [5, 5.41) is 3.28. The molecule has 0 bridgehead atoms. The molecule has 4 heteroatoms. The fraction of sp³-hybridized carbons (Fsp3) is 0.375. The first kappa shape index (κ1) is 13.3. The molecule has 104 valence electrons. The Hall–Kier alpha value is -1.68. The lowest BCUT2D eigenvalue weighted by atomic mass is 10.2. The second-order valence-corrected chi connectivity index (χ2v) is 6.62. The van der Waals surface area contributed by atoms with Crippen LogP contribution in [0.15, 0.2) is 29.8 Å². The Balaban J connectivity index is 2.09. The van der Waals surface area contributed by atoms with Gasteiger partial charge in [0.25, 0.3) is 0 Å². The highest BCUT2D eigenvalue weighted by molar-refractivity contribution is 7.09. The summed E-state index contributed by atoms with van der Waals surface area (Å²) in [6, 6.07) is 6.54. The fourth-order valence-corrected chi connectivity index (χ4v) is 3.21. The van der Waals surface area contributed by atoms with Gasteiger partial charge in [0.05, 0.1) is 0 Å². The Bertz CT molecular complexity index is 711. The summed E-state index contributed by atoms with van der Waals surface area (Å²) in [6.07, 6.45) is 2.91. The summed E-state index contributed by atoms with van der Waals surface area (Å²) < 4.78 is 2.36. The standard InChI is InChI=1S/C16H19N3S/c1-11(2)10-19-14(8-15-5-4-6-20-15)7-13-9-17-12(3)18-16(13)19/h4-7,9,11H,8,10H2,1-3H3. The zero-order valence-electron chi connectivity index (χ0n) is 12.1. The summed E-state index contributed by atoms with van der Waals surface area (Å²) in [5.41, 5.74) is 2.40. The molecule has 20 heavy (non-hydrogen) atoms. The summed E-state index contributed by atoms with van der Waals surface area (Å²) in [5.74, 6) is 1.44. The van der Waals surface area contributed by atoms with Crippen LogP contribution >= 0.6 is 11.3 Å². The van der Waals surface area contributed by atoms with Crippen LogP contribution in [0.3, 0.4) is 0 Å². The Morgan fingerprint density at radius 3 is 2.90 bits per heavy atom. The summed E-state index contributed by atoms with van der Waals surface area (Å²) in [4.78, 5) is 10.3.